The Bertz CT molecular complexity index is 191. The predicted molar refractivity (Wildman–Crippen MR) is 50.5 cm³/mol. The summed E-state index contributed by atoms with van der Waals surface area (Å²) in [6, 6.07) is 0.0272. The lowest BCUT2D eigenvalue weighted by atomic mass is 10.3. The lowest BCUT2D eigenvalue weighted by Crippen LogP contribution is -2.33. The van der Waals surface area contributed by atoms with Crippen LogP contribution in [0.3, 0.4) is 0 Å². The molecule has 11 heavy (non-hydrogen) atoms. The van der Waals surface area contributed by atoms with E-state index < -0.39 is 10.0 Å². The average molecular weight is 244 g/mol. The first kappa shape index (κ1) is 11.4. The second-order valence-corrected chi connectivity index (χ2v) is 5.24. The van der Waals surface area contributed by atoms with Crippen LogP contribution in [0.4, 0.5) is 0 Å². The molecule has 1 unspecified atom stereocenters. The first-order valence-electron chi connectivity index (χ1n) is 3.57. The number of halogens is 1. The van der Waals surface area contributed by atoms with Crippen molar-refractivity contribution in [2.75, 3.05) is 11.1 Å². The number of hydrogen-bond donors (Lipinski definition) is 1. The SMILES string of the molecule is CCS(=O)(=O)NC(C)CCBr. The van der Waals surface area contributed by atoms with E-state index in [0.29, 0.717) is 0 Å². The average Bonchev–Trinajstić information content (AvgIpc) is 1.87. The lowest BCUT2D eigenvalue weighted by Gasteiger charge is -2.10. The van der Waals surface area contributed by atoms with Gasteiger partial charge in [-0.3, -0.25) is 0 Å². The topological polar surface area (TPSA) is 46.2 Å². The van der Waals surface area contributed by atoms with Gasteiger partial charge in [0.05, 0.1) is 5.75 Å². The third kappa shape index (κ3) is 5.64. The number of alkyl halides is 1. The van der Waals surface area contributed by atoms with Crippen molar-refractivity contribution < 1.29 is 8.42 Å². The molecule has 0 heterocycles. The zero-order chi connectivity index (χ0) is 8.91. The van der Waals surface area contributed by atoms with Gasteiger partial charge in [-0.1, -0.05) is 15.9 Å². The van der Waals surface area contributed by atoms with Gasteiger partial charge in [-0.15, -0.1) is 0 Å². The lowest BCUT2D eigenvalue weighted by molar-refractivity contribution is 0.558. The first-order chi connectivity index (χ1) is 5.02. The maximum atomic E-state index is 11.0. The van der Waals surface area contributed by atoms with Crippen LogP contribution in [-0.4, -0.2) is 25.5 Å². The smallest absolute Gasteiger partial charge is 0.211 e. The fourth-order valence-electron chi connectivity index (χ4n) is 0.612. The predicted octanol–water partition coefficient (Wildman–Crippen LogP) is 1.10. The molecular formula is C6H14BrNO2S. The molecule has 0 fully saturated rings. The van der Waals surface area contributed by atoms with Gasteiger partial charge < -0.3 is 0 Å². The Labute approximate surface area is 76.7 Å². The second-order valence-electron chi connectivity index (χ2n) is 2.40. The summed E-state index contributed by atoms with van der Waals surface area (Å²) >= 11 is 3.24. The van der Waals surface area contributed by atoms with Gasteiger partial charge in [0.2, 0.25) is 10.0 Å². The van der Waals surface area contributed by atoms with Crippen LogP contribution >= 0.6 is 15.9 Å². The third-order valence-electron chi connectivity index (χ3n) is 1.30. The van der Waals surface area contributed by atoms with E-state index in [9.17, 15) is 8.42 Å². The summed E-state index contributed by atoms with van der Waals surface area (Å²) in [4.78, 5) is 0. The molecule has 1 N–H and O–H groups in total. The minimum atomic E-state index is -3.01. The van der Waals surface area contributed by atoms with E-state index in [1.165, 1.54) is 0 Å². The maximum Gasteiger partial charge on any atom is 0.211 e. The first-order valence-corrected chi connectivity index (χ1v) is 6.35. The van der Waals surface area contributed by atoms with Crippen molar-refractivity contribution >= 4 is 26.0 Å². The molecule has 0 saturated carbocycles. The van der Waals surface area contributed by atoms with E-state index in [0.717, 1.165) is 11.8 Å². The van der Waals surface area contributed by atoms with Crippen molar-refractivity contribution in [3.63, 3.8) is 0 Å². The highest BCUT2D eigenvalue weighted by molar-refractivity contribution is 9.09. The largest absolute Gasteiger partial charge is 0.212 e. The molecule has 0 rings (SSSR count). The molecule has 68 valence electrons. The molecule has 0 aromatic heterocycles. The molecular weight excluding hydrogens is 230 g/mol. The fraction of sp³-hybridized carbons (Fsp3) is 1.00. The molecule has 1 atom stereocenters. The highest BCUT2D eigenvalue weighted by atomic mass is 79.9. The van der Waals surface area contributed by atoms with E-state index >= 15 is 0 Å². The van der Waals surface area contributed by atoms with Crippen LogP contribution in [0.25, 0.3) is 0 Å². The second kappa shape index (κ2) is 5.11. The minimum absolute atomic E-state index is 0.0272. The standard InChI is InChI=1S/C6H14BrNO2S/c1-3-11(9,10)8-6(2)4-5-7/h6,8H,3-5H2,1-2H3. The van der Waals surface area contributed by atoms with Crippen molar-refractivity contribution in [3.8, 4) is 0 Å². The van der Waals surface area contributed by atoms with Crippen molar-refractivity contribution in [1.82, 2.24) is 4.72 Å². The summed E-state index contributed by atoms with van der Waals surface area (Å²) in [5.41, 5.74) is 0. The van der Waals surface area contributed by atoms with E-state index in [1.54, 1.807) is 6.92 Å². The van der Waals surface area contributed by atoms with Gasteiger partial charge in [-0.05, 0) is 20.3 Å². The van der Waals surface area contributed by atoms with Crippen molar-refractivity contribution in [1.29, 1.82) is 0 Å². The molecule has 0 aliphatic carbocycles. The zero-order valence-corrected chi connectivity index (χ0v) is 9.20. The van der Waals surface area contributed by atoms with Crippen LogP contribution in [0.15, 0.2) is 0 Å². The highest BCUT2D eigenvalue weighted by Gasteiger charge is 2.10. The van der Waals surface area contributed by atoms with Crippen molar-refractivity contribution in [2.45, 2.75) is 26.3 Å². The highest BCUT2D eigenvalue weighted by Crippen LogP contribution is 1.97. The van der Waals surface area contributed by atoms with Crippen LogP contribution in [0, 0.1) is 0 Å². The van der Waals surface area contributed by atoms with Gasteiger partial charge in [0, 0.05) is 11.4 Å². The Morgan fingerprint density at radius 2 is 2.09 bits per heavy atom. The minimum Gasteiger partial charge on any atom is -0.212 e. The molecule has 0 bridgehead atoms. The van der Waals surface area contributed by atoms with Crippen LogP contribution in [0.1, 0.15) is 20.3 Å². The Kier molecular flexibility index (Phi) is 5.29. The van der Waals surface area contributed by atoms with E-state index in [1.807, 2.05) is 6.92 Å². The summed E-state index contributed by atoms with van der Waals surface area (Å²) in [6.07, 6.45) is 0.819. The molecule has 5 heteroatoms. The van der Waals surface area contributed by atoms with Gasteiger partial charge in [-0.2, -0.15) is 0 Å². The summed E-state index contributed by atoms with van der Waals surface area (Å²) in [5, 5.41) is 0.820. The number of nitrogens with one attached hydrogen (secondary N) is 1. The van der Waals surface area contributed by atoms with Gasteiger partial charge in [0.15, 0.2) is 0 Å². The molecule has 0 aromatic rings. The maximum absolute atomic E-state index is 11.0. The normalized spacial score (nSPS) is 14.8. The molecule has 0 spiro atoms. The van der Waals surface area contributed by atoms with Gasteiger partial charge in [0.25, 0.3) is 0 Å². The molecule has 0 saturated heterocycles. The Balaban J connectivity index is 3.84. The summed E-state index contributed by atoms with van der Waals surface area (Å²) in [5.74, 6) is 0.152. The number of rotatable bonds is 5. The molecule has 3 nitrogen and oxygen atoms in total. The Morgan fingerprint density at radius 1 is 1.55 bits per heavy atom. The van der Waals surface area contributed by atoms with Crippen LogP contribution in [0.2, 0.25) is 0 Å². The molecule has 0 radical (unpaired) electrons. The van der Waals surface area contributed by atoms with E-state index in [-0.39, 0.29) is 11.8 Å². The number of sulfonamides is 1. The zero-order valence-electron chi connectivity index (χ0n) is 6.80. The molecule has 0 aliphatic heterocycles. The Hall–Kier alpha value is 0.390. The van der Waals surface area contributed by atoms with E-state index in [4.69, 9.17) is 0 Å². The summed E-state index contributed by atoms with van der Waals surface area (Å²) in [6.45, 7) is 3.48. The van der Waals surface area contributed by atoms with Crippen LogP contribution in [-0.2, 0) is 10.0 Å². The fourth-order valence-corrected chi connectivity index (χ4v) is 2.20. The number of hydrogen-bond acceptors (Lipinski definition) is 2. The summed E-state index contributed by atoms with van der Waals surface area (Å²) in [7, 11) is -3.01. The van der Waals surface area contributed by atoms with Crippen LogP contribution < -0.4 is 4.72 Å². The molecule has 0 aliphatic rings. The Morgan fingerprint density at radius 3 is 2.45 bits per heavy atom. The quantitative estimate of drug-likeness (QED) is 0.736. The van der Waals surface area contributed by atoms with Gasteiger partial charge in [0.1, 0.15) is 0 Å². The van der Waals surface area contributed by atoms with Crippen molar-refractivity contribution in [3.05, 3.63) is 0 Å². The van der Waals surface area contributed by atoms with E-state index in [2.05, 4.69) is 20.7 Å². The van der Waals surface area contributed by atoms with Gasteiger partial charge in [-0.25, -0.2) is 13.1 Å². The monoisotopic (exact) mass is 243 g/mol. The van der Waals surface area contributed by atoms with Gasteiger partial charge >= 0.3 is 0 Å². The molecule has 0 aromatic carbocycles. The third-order valence-corrected chi connectivity index (χ3v) is 3.28. The van der Waals surface area contributed by atoms with Crippen molar-refractivity contribution in [2.24, 2.45) is 0 Å². The molecule has 0 amide bonds. The van der Waals surface area contributed by atoms with Crippen LogP contribution in [0.5, 0.6) is 0 Å². The summed E-state index contributed by atoms with van der Waals surface area (Å²) < 4.78 is 24.5.